The van der Waals surface area contributed by atoms with Crippen LogP contribution in [0, 0.1) is 0 Å². The molecule has 0 rings (SSSR count). The fraction of sp³-hybridized carbons (Fsp3) is 0.897. The van der Waals surface area contributed by atoms with Crippen LogP contribution in [-0.4, -0.2) is 47.4 Å². The summed E-state index contributed by atoms with van der Waals surface area (Å²) < 4.78 is 5.50. The molecular weight excluding hydrogens is 1030 g/mol. The van der Waals surface area contributed by atoms with E-state index in [0.717, 1.165) is 44.9 Å². The number of allylic oxidation sites excluding steroid dienone is 5. The van der Waals surface area contributed by atoms with Gasteiger partial charge in [0, 0.05) is 12.8 Å². The molecule has 496 valence electrons. The number of nitrogens with one attached hydrogen (secondary N) is 1. The maximum Gasteiger partial charge on any atom is 0.305 e. The zero-order valence-corrected chi connectivity index (χ0v) is 56.9. The van der Waals surface area contributed by atoms with E-state index in [1.807, 2.05) is 6.08 Å². The minimum atomic E-state index is -0.847. The molecule has 0 aromatic rings. The van der Waals surface area contributed by atoms with Crippen LogP contribution in [0.15, 0.2) is 36.5 Å². The Kier molecular flexibility index (Phi) is 71.9. The molecule has 1 amide bonds. The van der Waals surface area contributed by atoms with Crippen LogP contribution in [0.4, 0.5) is 0 Å². The minimum Gasteiger partial charge on any atom is -0.466 e. The molecule has 0 fully saturated rings. The third-order valence-electron chi connectivity index (χ3n) is 17.9. The molecule has 3 N–H and O–H groups in total. The first-order valence-corrected chi connectivity index (χ1v) is 38.3. The molecule has 2 unspecified atom stereocenters. The van der Waals surface area contributed by atoms with E-state index in [-0.39, 0.29) is 18.5 Å². The maximum atomic E-state index is 12.5. The first-order chi connectivity index (χ1) is 41.5. The minimum absolute atomic E-state index is 0.0153. The molecule has 0 aliphatic heterocycles. The van der Waals surface area contributed by atoms with Gasteiger partial charge in [0.25, 0.3) is 0 Å². The summed E-state index contributed by atoms with van der Waals surface area (Å²) in [5.74, 6) is -0.0493. The molecule has 0 aromatic heterocycles. The molecule has 0 heterocycles. The van der Waals surface area contributed by atoms with Crippen molar-refractivity contribution in [1.29, 1.82) is 0 Å². The van der Waals surface area contributed by atoms with Crippen molar-refractivity contribution < 1.29 is 24.5 Å². The Morgan fingerprint density at radius 1 is 0.333 bits per heavy atom. The van der Waals surface area contributed by atoms with E-state index in [4.69, 9.17) is 4.74 Å². The van der Waals surface area contributed by atoms with E-state index < -0.39 is 12.1 Å². The number of ether oxygens (including phenoxy) is 1. The van der Waals surface area contributed by atoms with Gasteiger partial charge in [-0.1, -0.05) is 384 Å². The van der Waals surface area contributed by atoms with Gasteiger partial charge in [0.05, 0.1) is 25.4 Å². The van der Waals surface area contributed by atoms with E-state index >= 15 is 0 Å². The molecule has 0 aliphatic carbocycles. The summed E-state index contributed by atoms with van der Waals surface area (Å²) in [4.78, 5) is 24.6. The molecule has 2 atom stereocenters. The molecule has 0 saturated carbocycles. The highest BCUT2D eigenvalue weighted by atomic mass is 16.5. The van der Waals surface area contributed by atoms with Gasteiger partial charge in [-0.2, -0.15) is 0 Å². The van der Waals surface area contributed by atoms with Crippen molar-refractivity contribution in [1.82, 2.24) is 5.32 Å². The van der Waals surface area contributed by atoms with Crippen LogP contribution in [-0.2, 0) is 14.3 Å². The van der Waals surface area contributed by atoms with Crippen LogP contribution in [0.2, 0.25) is 0 Å². The lowest BCUT2D eigenvalue weighted by molar-refractivity contribution is -0.143. The number of aliphatic hydroxyl groups excluding tert-OH is 2. The van der Waals surface area contributed by atoms with Crippen molar-refractivity contribution in [2.45, 2.75) is 437 Å². The Labute approximate surface area is 525 Å². The number of carbonyl (C=O) groups is 2. The zero-order chi connectivity index (χ0) is 60.6. The summed E-state index contributed by atoms with van der Waals surface area (Å²) in [6.45, 7) is 4.95. The predicted octanol–water partition coefficient (Wildman–Crippen LogP) is 25.0. The van der Waals surface area contributed by atoms with E-state index in [1.54, 1.807) is 6.08 Å². The van der Waals surface area contributed by atoms with Gasteiger partial charge < -0.3 is 20.3 Å². The Morgan fingerprint density at radius 2 is 0.595 bits per heavy atom. The molecule has 0 bridgehead atoms. The Balaban J connectivity index is 3.42. The number of unbranched alkanes of at least 4 members (excludes halogenated alkanes) is 57. The number of esters is 1. The third-order valence-corrected chi connectivity index (χ3v) is 17.9. The molecule has 0 spiro atoms. The van der Waals surface area contributed by atoms with Gasteiger partial charge in [0.1, 0.15) is 0 Å². The van der Waals surface area contributed by atoms with Crippen LogP contribution in [0.5, 0.6) is 0 Å². The van der Waals surface area contributed by atoms with Gasteiger partial charge in [-0.3, -0.25) is 9.59 Å². The predicted molar refractivity (Wildman–Crippen MR) is 370 cm³/mol. The van der Waals surface area contributed by atoms with Crippen LogP contribution < -0.4 is 5.32 Å². The molecule has 6 heteroatoms. The second-order valence-corrected chi connectivity index (χ2v) is 26.3. The standard InChI is InChI=1S/C78H149NO5/c1-3-5-7-9-11-13-15-17-19-20-21-22-30-33-36-39-43-46-50-54-58-62-66-70-76(81)75(74-80)79-77(82)71-67-63-59-55-51-47-44-40-37-34-31-28-26-24-23-25-27-29-32-35-38-41-45-49-53-57-61-65-69-73-84-78(83)72-68-64-60-56-52-48-42-18-16-14-12-10-8-6-4-2/h23,25,29,32,66,70,75-76,80-81H,3-22,24,26-28,30-31,33-65,67-69,71-74H2,1-2H3,(H,79,82)/b25-23-,32-29-,70-66+. The smallest absolute Gasteiger partial charge is 0.305 e. The quantitative estimate of drug-likeness (QED) is 0.0320. The summed E-state index contributed by atoms with van der Waals surface area (Å²) >= 11 is 0. The topological polar surface area (TPSA) is 95.9 Å². The number of amides is 1. The molecule has 0 saturated heterocycles. The summed E-state index contributed by atoms with van der Waals surface area (Å²) in [5, 5.41) is 23.3. The third kappa shape index (κ3) is 69.2. The second-order valence-electron chi connectivity index (χ2n) is 26.3. The van der Waals surface area contributed by atoms with Gasteiger partial charge in [-0.25, -0.2) is 0 Å². The zero-order valence-electron chi connectivity index (χ0n) is 56.9. The van der Waals surface area contributed by atoms with Gasteiger partial charge in [0.15, 0.2) is 0 Å². The van der Waals surface area contributed by atoms with Gasteiger partial charge >= 0.3 is 5.97 Å². The van der Waals surface area contributed by atoms with Crippen LogP contribution in [0.25, 0.3) is 0 Å². The lowest BCUT2D eigenvalue weighted by Crippen LogP contribution is -2.45. The second kappa shape index (κ2) is 73.5. The van der Waals surface area contributed by atoms with Crippen molar-refractivity contribution in [2.24, 2.45) is 0 Å². The molecule has 6 nitrogen and oxygen atoms in total. The number of carbonyl (C=O) groups excluding carboxylic acids is 2. The van der Waals surface area contributed by atoms with Crippen LogP contribution >= 0.6 is 0 Å². The molecule has 0 radical (unpaired) electrons. The average Bonchev–Trinajstić information content (AvgIpc) is 3.53. The van der Waals surface area contributed by atoms with E-state index in [1.165, 1.54) is 353 Å². The molecule has 0 aromatic carbocycles. The summed E-state index contributed by atoms with van der Waals surface area (Å²) in [7, 11) is 0. The summed E-state index contributed by atoms with van der Waals surface area (Å²) in [5.41, 5.74) is 0. The summed E-state index contributed by atoms with van der Waals surface area (Å²) in [6.07, 6.45) is 95.3. The fourth-order valence-corrected chi connectivity index (χ4v) is 12.1. The largest absolute Gasteiger partial charge is 0.466 e. The number of hydrogen-bond donors (Lipinski definition) is 3. The van der Waals surface area contributed by atoms with Gasteiger partial charge in [-0.05, 0) is 64.2 Å². The molecular formula is C78H149NO5. The van der Waals surface area contributed by atoms with Gasteiger partial charge in [0.2, 0.25) is 5.91 Å². The fourth-order valence-electron chi connectivity index (χ4n) is 12.1. The first kappa shape index (κ1) is 82.1. The van der Waals surface area contributed by atoms with Gasteiger partial charge in [-0.15, -0.1) is 0 Å². The van der Waals surface area contributed by atoms with E-state index in [9.17, 15) is 19.8 Å². The SMILES string of the molecule is CCCCCCCCCCCCCCCCCCCCCCC/C=C/C(O)C(CO)NC(=O)CCCCCCCCCCCCCCC/C=C\C/C=C\CCCCCCCCCCCOC(=O)CCCCCCCCCCCCCCCCC. The van der Waals surface area contributed by atoms with Crippen molar-refractivity contribution in [2.75, 3.05) is 13.2 Å². The maximum absolute atomic E-state index is 12.5. The Morgan fingerprint density at radius 3 is 0.905 bits per heavy atom. The van der Waals surface area contributed by atoms with E-state index in [0.29, 0.717) is 19.4 Å². The van der Waals surface area contributed by atoms with Crippen molar-refractivity contribution >= 4 is 11.9 Å². The normalized spacial score (nSPS) is 12.7. The van der Waals surface area contributed by atoms with Crippen molar-refractivity contribution in [3.63, 3.8) is 0 Å². The average molecular weight is 1180 g/mol. The Hall–Kier alpha value is -1.92. The van der Waals surface area contributed by atoms with Crippen LogP contribution in [0.3, 0.4) is 0 Å². The Bertz CT molecular complexity index is 1360. The monoisotopic (exact) mass is 1180 g/mol. The van der Waals surface area contributed by atoms with E-state index in [2.05, 4.69) is 43.5 Å². The number of hydrogen-bond acceptors (Lipinski definition) is 5. The molecule has 0 aliphatic rings. The molecule has 84 heavy (non-hydrogen) atoms. The lowest BCUT2D eigenvalue weighted by atomic mass is 10.0. The van der Waals surface area contributed by atoms with Crippen LogP contribution in [0.1, 0.15) is 425 Å². The number of rotatable bonds is 72. The lowest BCUT2D eigenvalue weighted by Gasteiger charge is -2.20. The van der Waals surface area contributed by atoms with Crippen molar-refractivity contribution in [3.8, 4) is 0 Å². The first-order valence-electron chi connectivity index (χ1n) is 38.3. The van der Waals surface area contributed by atoms with Crippen molar-refractivity contribution in [3.05, 3.63) is 36.5 Å². The summed E-state index contributed by atoms with van der Waals surface area (Å²) in [6, 6.07) is -0.630. The number of aliphatic hydroxyl groups is 2. The highest BCUT2D eigenvalue weighted by Crippen LogP contribution is 2.19. The highest BCUT2D eigenvalue weighted by molar-refractivity contribution is 5.76. The highest BCUT2D eigenvalue weighted by Gasteiger charge is 2.18.